The van der Waals surface area contributed by atoms with E-state index in [0.717, 1.165) is 10.5 Å². The molecule has 3 aromatic carbocycles. The van der Waals surface area contributed by atoms with Crippen LogP contribution in [0, 0.1) is 17.0 Å². The highest BCUT2D eigenvalue weighted by atomic mass is 16.6. The van der Waals surface area contributed by atoms with Gasteiger partial charge in [-0.3, -0.25) is 19.7 Å². The molecule has 0 atom stereocenters. The molecule has 0 saturated carbocycles. The highest BCUT2D eigenvalue weighted by Crippen LogP contribution is 2.33. The van der Waals surface area contributed by atoms with Crippen LogP contribution in [-0.2, 0) is 0 Å². The van der Waals surface area contributed by atoms with Gasteiger partial charge in [0.15, 0.2) is 0 Å². The van der Waals surface area contributed by atoms with Gasteiger partial charge in [0.2, 0.25) is 0 Å². The minimum Gasteiger partial charge on any atom is -0.457 e. The van der Waals surface area contributed by atoms with E-state index in [1.165, 1.54) is 30.3 Å². The summed E-state index contributed by atoms with van der Waals surface area (Å²) in [6.07, 6.45) is 0. The lowest BCUT2D eigenvalue weighted by Crippen LogP contribution is -2.29. The van der Waals surface area contributed by atoms with Gasteiger partial charge >= 0.3 is 0 Å². The van der Waals surface area contributed by atoms with E-state index in [4.69, 9.17) is 4.74 Å². The van der Waals surface area contributed by atoms with Crippen LogP contribution in [0.5, 0.6) is 11.5 Å². The molecule has 7 heteroatoms. The molecule has 138 valence electrons. The molecule has 1 heterocycles. The summed E-state index contributed by atoms with van der Waals surface area (Å²) < 4.78 is 5.65. The summed E-state index contributed by atoms with van der Waals surface area (Å²) in [5.74, 6) is -0.258. The number of nitrogens with zero attached hydrogens (tertiary/aromatic N) is 2. The van der Waals surface area contributed by atoms with Gasteiger partial charge < -0.3 is 4.74 Å². The van der Waals surface area contributed by atoms with Gasteiger partial charge in [0.1, 0.15) is 11.5 Å². The quantitative estimate of drug-likeness (QED) is 0.381. The Bertz CT molecular complexity index is 1120. The van der Waals surface area contributed by atoms with Gasteiger partial charge in [0.05, 0.1) is 27.8 Å². The van der Waals surface area contributed by atoms with Crippen molar-refractivity contribution in [2.45, 2.75) is 6.92 Å². The van der Waals surface area contributed by atoms with Crippen molar-refractivity contribution in [3.63, 3.8) is 0 Å². The van der Waals surface area contributed by atoms with Gasteiger partial charge in [0.25, 0.3) is 17.5 Å². The Morgan fingerprint density at radius 3 is 2.25 bits per heavy atom. The molecule has 3 aromatic rings. The molecule has 0 fully saturated rings. The first kappa shape index (κ1) is 17.4. The average Bonchev–Trinajstić information content (AvgIpc) is 2.93. The SMILES string of the molecule is Cc1ccc(N2C(=O)c3ccc(Oc4cccc([N+](=O)[O-])c4)cc3C2=O)cc1. The van der Waals surface area contributed by atoms with E-state index < -0.39 is 16.7 Å². The van der Waals surface area contributed by atoms with Crippen LogP contribution in [0.15, 0.2) is 66.7 Å². The summed E-state index contributed by atoms with van der Waals surface area (Å²) in [5, 5.41) is 10.9. The first-order chi connectivity index (χ1) is 13.4. The number of carbonyl (C=O) groups excluding carboxylic acids is 2. The van der Waals surface area contributed by atoms with E-state index in [0.29, 0.717) is 11.4 Å². The number of carbonyl (C=O) groups is 2. The molecule has 0 N–H and O–H groups in total. The topological polar surface area (TPSA) is 89.8 Å². The Labute approximate surface area is 159 Å². The third kappa shape index (κ3) is 2.99. The van der Waals surface area contributed by atoms with Crippen molar-refractivity contribution in [2.75, 3.05) is 4.90 Å². The fourth-order valence-corrected chi connectivity index (χ4v) is 3.01. The molecule has 0 saturated heterocycles. The molecule has 0 bridgehead atoms. The molecule has 0 aromatic heterocycles. The number of hydrogen-bond donors (Lipinski definition) is 0. The second-order valence-electron chi connectivity index (χ2n) is 6.35. The normalized spacial score (nSPS) is 12.8. The van der Waals surface area contributed by atoms with Crippen LogP contribution in [0.2, 0.25) is 0 Å². The monoisotopic (exact) mass is 374 g/mol. The first-order valence-corrected chi connectivity index (χ1v) is 8.46. The molecule has 0 spiro atoms. The van der Waals surface area contributed by atoms with Gasteiger partial charge in [-0.05, 0) is 43.3 Å². The number of fused-ring (bicyclic) bond motifs is 1. The molecule has 0 unspecified atom stereocenters. The van der Waals surface area contributed by atoms with Gasteiger partial charge in [-0.1, -0.05) is 23.8 Å². The Morgan fingerprint density at radius 2 is 1.54 bits per heavy atom. The van der Waals surface area contributed by atoms with Crippen LogP contribution in [-0.4, -0.2) is 16.7 Å². The molecule has 0 aliphatic carbocycles. The van der Waals surface area contributed by atoms with Crippen molar-refractivity contribution >= 4 is 23.2 Å². The summed E-state index contributed by atoms with van der Waals surface area (Å²) in [6, 6.07) is 17.4. The Morgan fingerprint density at radius 1 is 0.857 bits per heavy atom. The minimum atomic E-state index is -0.517. The summed E-state index contributed by atoms with van der Waals surface area (Å²) in [4.78, 5) is 37.0. The Hall–Kier alpha value is -4.00. The number of hydrogen-bond acceptors (Lipinski definition) is 5. The average molecular weight is 374 g/mol. The molecule has 4 rings (SSSR count). The van der Waals surface area contributed by atoms with Crippen molar-refractivity contribution in [1.29, 1.82) is 0 Å². The fourth-order valence-electron chi connectivity index (χ4n) is 3.01. The lowest BCUT2D eigenvalue weighted by Gasteiger charge is -2.13. The van der Waals surface area contributed by atoms with E-state index >= 15 is 0 Å². The number of ether oxygens (including phenoxy) is 1. The molecule has 1 aliphatic heterocycles. The van der Waals surface area contributed by atoms with Crippen LogP contribution in [0.25, 0.3) is 0 Å². The lowest BCUT2D eigenvalue weighted by molar-refractivity contribution is -0.384. The lowest BCUT2D eigenvalue weighted by atomic mass is 10.1. The van der Waals surface area contributed by atoms with E-state index in [9.17, 15) is 19.7 Å². The van der Waals surface area contributed by atoms with Crippen LogP contribution < -0.4 is 9.64 Å². The zero-order valence-electron chi connectivity index (χ0n) is 14.8. The summed E-state index contributed by atoms with van der Waals surface area (Å²) in [6.45, 7) is 1.92. The van der Waals surface area contributed by atoms with Crippen LogP contribution in [0.1, 0.15) is 26.3 Å². The third-order valence-electron chi connectivity index (χ3n) is 4.41. The van der Waals surface area contributed by atoms with Crippen molar-refractivity contribution < 1.29 is 19.2 Å². The van der Waals surface area contributed by atoms with Gasteiger partial charge in [0, 0.05) is 6.07 Å². The smallest absolute Gasteiger partial charge is 0.273 e. The maximum absolute atomic E-state index is 12.8. The second-order valence-corrected chi connectivity index (χ2v) is 6.35. The zero-order valence-corrected chi connectivity index (χ0v) is 14.8. The number of aryl methyl sites for hydroxylation is 1. The summed E-state index contributed by atoms with van der Waals surface area (Å²) in [7, 11) is 0. The molecular formula is C21H14N2O5. The molecule has 1 aliphatic rings. The van der Waals surface area contributed by atoms with E-state index in [1.54, 1.807) is 24.3 Å². The number of imide groups is 1. The predicted molar refractivity (Wildman–Crippen MR) is 102 cm³/mol. The predicted octanol–water partition coefficient (Wildman–Crippen LogP) is 4.50. The molecule has 2 amide bonds. The Kier molecular flexibility index (Phi) is 4.12. The minimum absolute atomic E-state index is 0.101. The number of rotatable bonds is 4. The van der Waals surface area contributed by atoms with Gasteiger partial charge in [-0.25, -0.2) is 4.90 Å². The number of nitro benzene ring substituents is 1. The maximum Gasteiger partial charge on any atom is 0.273 e. The number of anilines is 1. The van der Waals surface area contributed by atoms with Crippen molar-refractivity contribution in [3.05, 3.63) is 93.5 Å². The van der Waals surface area contributed by atoms with E-state index in [2.05, 4.69) is 0 Å². The fraction of sp³-hybridized carbons (Fsp3) is 0.0476. The van der Waals surface area contributed by atoms with Crippen molar-refractivity contribution in [2.24, 2.45) is 0 Å². The molecule has 0 radical (unpaired) electrons. The van der Waals surface area contributed by atoms with Crippen molar-refractivity contribution in [1.82, 2.24) is 0 Å². The van der Waals surface area contributed by atoms with Crippen LogP contribution in [0.4, 0.5) is 11.4 Å². The Balaban J connectivity index is 1.64. The highest BCUT2D eigenvalue weighted by Gasteiger charge is 2.37. The standard InChI is InChI=1S/C21H14N2O5/c1-13-5-7-14(8-6-13)22-20(24)18-10-9-17(12-19(18)21(22)25)28-16-4-2-3-15(11-16)23(26)27/h2-12H,1H3. The van der Waals surface area contributed by atoms with E-state index in [1.807, 2.05) is 19.1 Å². The maximum atomic E-state index is 12.8. The van der Waals surface area contributed by atoms with Gasteiger partial charge in [-0.2, -0.15) is 0 Å². The van der Waals surface area contributed by atoms with Gasteiger partial charge in [-0.15, -0.1) is 0 Å². The molecule has 28 heavy (non-hydrogen) atoms. The van der Waals surface area contributed by atoms with Crippen molar-refractivity contribution in [3.8, 4) is 11.5 Å². The zero-order chi connectivity index (χ0) is 19.8. The van der Waals surface area contributed by atoms with E-state index in [-0.39, 0.29) is 22.6 Å². The second kappa shape index (κ2) is 6.62. The summed E-state index contributed by atoms with van der Waals surface area (Å²) >= 11 is 0. The number of benzene rings is 3. The summed E-state index contributed by atoms with van der Waals surface area (Å²) in [5.41, 5.74) is 1.94. The van der Waals surface area contributed by atoms with Crippen LogP contribution in [0.3, 0.4) is 0 Å². The molecule has 7 nitrogen and oxygen atoms in total. The largest absolute Gasteiger partial charge is 0.457 e. The number of amides is 2. The molecular weight excluding hydrogens is 360 g/mol. The number of non-ortho nitro benzene ring substituents is 1. The first-order valence-electron chi connectivity index (χ1n) is 8.46. The number of nitro groups is 1. The van der Waals surface area contributed by atoms with Crippen LogP contribution >= 0.6 is 0 Å². The highest BCUT2D eigenvalue weighted by molar-refractivity contribution is 6.34. The third-order valence-corrected chi connectivity index (χ3v) is 4.41.